The highest BCUT2D eigenvalue weighted by Crippen LogP contribution is 2.21. The molecular weight excluding hydrogens is 256 g/mol. The van der Waals surface area contributed by atoms with E-state index in [9.17, 15) is 4.79 Å². The first-order chi connectivity index (χ1) is 7.70. The van der Waals surface area contributed by atoms with E-state index >= 15 is 0 Å². The van der Waals surface area contributed by atoms with E-state index < -0.39 is 0 Å². The van der Waals surface area contributed by atoms with Gasteiger partial charge in [-0.1, -0.05) is 0 Å². The van der Waals surface area contributed by atoms with Crippen molar-refractivity contribution in [2.24, 2.45) is 11.7 Å². The van der Waals surface area contributed by atoms with Crippen molar-refractivity contribution in [3.8, 4) is 0 Å². The Balaban J connectivity index is 0.00000144. The second-order valence-corrected chi connectivity index (χ2v) is 5.67. The molecule has 1 aliphatic rings. The molecule has 0 aliphatic carbocycles. The lowest BCUT2D eigenvalue weighted by Gasteiger charge is -2.31. The van der Waals surface area contributed by atoms with Crippen molar-refractivity contribution in [3.63, 3.8) is 0 Å². The molecule has 17 heavy (non-hydrogen) atoms. The van der Waals surface area contributed by atoms with E-state index in [4.69, 9.17) is 5.73 Å². The maximum atomic E-state index is 12.1. The Kier molecular flexibility index (Phi) is 5.43. The predicted octanol–water partition coefficient (Wildman–Crippen LogP) is 2.29. The highest BCUT2D eigenvalue weighted by atomic mass is 35.5. The zero-order valence-corrected chi connectivity index (χ0v) is 11.6. The minimum atomic E-state index is 0. The number of carbonyl (C=O) groups excluding carboxylic acids is 1. The molecule has 1 saturated heterocycles. The van der Waals surface area contributed by atoms with Crippen molar-refractivity contribution in [1.82, 2.24) is 4.90 Å². The van der Waals surface area contributed by atoms with Crippen molar-refractivity contribution in [1.29, 1.82) is 0 Å². The summed E-state index contributed by atoms with van der Waals surface area (Å²) in [4.78, 5) is 16.1. The first-order valence-electron chi connectivity index (χ1n) is 5.76. The van der Waals surface area contributed by atoms with Crippen LogP contribution in [-0.4, -0.2) is 30.4 Å². The second-order valence-electron chi connectivity index (χ2n) is 4.38. The van der Waals surface area contributed by atoms with Crippen molar-refractivity contribution >= 4 is 29.7 Å². The minimum Gasteiger partial charge on any atom is -0.338 e. The summed E-state index contributed by atoms with van der Waals surface area (Å²) in [5.74, 6) is 0.794. The van der Waals surface area contributed by atoms with Gasteiger partial charge in [0.15, 0.2) is 0 Å². The summed E-state index contributed by atoms with van der Waals surface area (Å²) >= 11 is 1.58. The number of nitrogens with two attached hydrogens (primary N) is 1. The van der Waals surface area contributed by atoms with Gasteiger partial charge in [0.1, 0.15) is 0 Å². The number of amides is 1. The van der Waals surface area contributed by atoms with Gasteiger partial charge >= 0.3 is 0 Å². The van der Waals surface area contributed by atoms with Gasteiger partial charge in [0.25, 0.3) is 5.91 Å². The zero-order valence-electron chi connectivity index (χ0n) is 10.0. The van der Waals surface area contributed by atoms with Crippen LogP contribution in [0.4, 0.5) is 0 Å². The Hall–Kier alpha value is -0.580. The van der Waals surface area contributed by atoms with Gasteiger partial charge in [-0.25, -0.2) is 0 Å². The van der Waals surface area contributed by atoms with Crippen LogP contribution >= 0.6 is 23.7 Å². The largest absolute Gasteiger partial charge is 0.338 e. The molecule has 2 heterocycles. The quantitative estimate of drug-likeness (QED) is 0.899. The Bertz CT molecular complexity index is 372. The van der Waals surface area contributed by atoms with E-state index in [0.717, 1.165) is 37.4 Å². The van der Waals surface area contributed by atoms with Crippen molar-refractivity contribution < 1.29 is 4.79 Å². The van der Waals surface area contributed by atoms with Gasteiger partial charge in [0.2, 0.25) is 0 Å². The monoisotopic (exact) mass is 274 g/mol. The average Bonchev–Trinajstić information content (AvgIpc) is 2.75. The zero-order chi connectivity index (χ0) is 11.5. The maximum Gasteiger partial charge on any atom is 0.263 e. The summed E-state index contributed by atoms with van der Waals surface area (Å²) in [5.41, 5.74) is 5.64. The number of carbonyl (C=O) groups is 1. The Morgan fingerprint density at radius 2 is 2.12 bits per heavy atom. The average molecular weight is 275 g/mol. The van der Waals surface area contributed by atoms with Crippen LogP contribution in [0.15, 0.2) is 12.1 Å². The lowest BCUT2D eigenvalue weighted by Crippen LogP contribution is -2.39. The number of piperidine rings is 1. The number of aryl methyl sites for hydroxylation is 1. The molecular formula is C12H19ClN2OS. The second kappa shape index (κ2) is 6.38. The number of hydrogen-bond acceptors (Lipinski definition) is 3. The molecule has 0 bridgehead atoms. The van der Waals surface area contributed by atoms with Crippen LogP contribution in [0.1, 0.15) is 27.4 Å². The third kappa shape index (κ3) is 3.44. The molecule has 1 aromatic heterocycles. The molecule has 0 saturated carbocycles. The van der Waals surface area contributed by atoms with Crippen molar-refractivity contribution in [2.45, 2.75) is 19.8 Å². The topological polar surface area (TPSA) is 46.3 Å². The van der Waals surface area contributed by atoms with Crippen LogP contribution < -0.4 is 5.73 Å². The highest BCUT2D eigenvalue weighted by Gasteiger charge is 2.23. The minimum absolute atomic E-state index is 0. The molecule has 1 fully saturated rings. The fourth-order valence-corrected chi connectivity index (χ4v) is 2.91. The first-order valence-corrected chi connectivity index (χ1v) is 6.58. The third-order valence-electron chi connectivity index (χ3n) is 3.19. The summed E-state index contributed by atoms with van der Waals surface area (Å²) in [5, 5.41) is 0. The predicted molar refractivity (Wildman–Crippen MR) is 74.0 cm³/mol. The molecule has 1 aliphatic heterocycles. The number of halogens is 1. The molecule has 1 amide bonds. The lowest BCUT2D eigenvalue weighted by atomic mass is 9.97. The summed E-state index contributed by atoms with van der Waals surface area (Å²) < 4.78 is 0. The maximum absolute atomic E-state index is 12.1. The van der Waals surface area contributed by atoms with Gasteiger partial charge in [-0.15, -0.1) is 23.7 Å². The van der Waals surface area contributed by atoms with Crippen LogP contribution in [0.25, 0.3) is 0 Å². The Labute approximate surface area is 112 Å². The summed E-state index contributed by atoms with van der Waals surface area (Å²) in [6.45, 7) is 4.50. The molecule has 0 spiro atoms. The SMILES string of the molecule is Cc1ccc(C(=O)N2CCC(CN)CC2)s1.Cl. The van der Waals surface area contributed by atoms with Gasteiger partial charge in [-0.2, -0.15) is 0 Å². The van der Waals surface area contributed by atoms with Crippen LogP contribution in [0.5, 0.6) is 0 Å². The number of rotatable bonds is 2. The highest BCUT2D eigenvalue weighted by molar-refractivity contribution is 7.13. The molecule has 0 unspecified atom stereocenters. The molecule has 5 heteroatoms. The molecule has 0 atom stereocenters. The normalized spacial score (nSPS) is 16.7. The van der Waals surface area contributed by atoms with E-state index in [1.54, 1.807) is 11.3 Å². The summed E-state index contributed by atoms with van der Waals surface area (Å²) in [6.07, 6.45) is 2.10. The molecule has 0 aromatic carbocycles. The molecule has 2 rings (SSSR count). The lowest BCUT2D eigenvalue weighted by molar-refractivity contribution is 0.0698. The van der Waals surface area contributed by atoms with Gasteiger partial charge in [-0.3, -0.25) is 4.79 Å². The van der Waals surface area contributed by atoms with Gasteiger partial charge in [-0.05, 0) is 44.4 Å². The van der Waals surface area contributed by atoms with E-state index in [1.165, 1.54) is 4.88 Å². The fourth-order valence-electron chi connectivity index (χ4n) is 2.08. The number of thiophene rings is 1. The van der Waals surface area contributed by atoms with Crippen molar-refractivity contribution in [3.05, 3.63) is 21.9 Å². The summed E-state index contributed by atoms with van der Waals surface area (Å²) in [6, 6.07) is 3.93. The molecule has 2 N–H and O–H groups in total. The van der Waals surface area contributed by atoms with E-state index in [-0.39, 0.29) is 18.3 Å². The Morgan fingerprint density at radius 3 is 2.59 bits per heavy atom. The molecule has 96 valence electrons. The van der Waals surface area contributed by atoms with Gasteiger partial charge < -0.3 is 10.6 Å². The smallest absolute Gasteiger partial charge is 0.263 e. The third-order valence-corrected chi connectivity index (χ3v) is 4.17. The van der Waals surface area contributed by atoms with Gasteiger partial charge in [0, 0.05) is 18.0 Å². The number of nitrogens with zero attached hydrogens (tertiary/aromatic N) is 1. The van der Waals surface area contributed by atoms with E-state index in [2.05, 4.69) is 0 Å². The molecule has 3 nitrogen and oxygen atoms in total. The van der Waals surface area contributed by atoms with Crippen molar-refractivity contribution in [2.75, 3.05) is 19.6 Å². The number of likely N-dealkylation sites (tertiary alicyclic amines) is 1. The first kappa shape index (κ1) is 14.5. The molecule has 0 radical (unpaired) electrons. The number of hydrogen-bond donors (Lipinski definition) is 1. The van der Waals surface area contributed by atoms with Gasteiger partial charge in [0.05, 0.1) is 4.88 Å². The standard InChI is InChI=1S/C12H18N2OS.ClH/c1-9-2-3-11(16-9)12(15)14-6-4-10(8-13)5-7-14;/h2-3,10H,4-8,13H2,1H3;1H. The Morgan fingerprint density at radius 1 is 1.47 bits per heavy atom. The summed E-state index contributed by atoms with van der Waals surface area (Å²) in [7, 11) is 0. The van der Waals surface area contributed by atoms with E-state index in [0.29, 0.717) is 5.92 Å². The van der Waals surface area contributed by atoms with E-state index in [1.807, 2.05) is 24.0 Å². The van der Waals surface area contributed by atoms with Crippen LogP contribution in [-0.2, 0) is 0 Å². The van der Waals surface area contributed by atoms with Crippen LogP contribution in [0.3, 0.4) is 0 Å². The molecule has 1 aromatic rings. The fraction of sp³-hybridized carbons (Fsp3) is 0.583. The van der Waals surface area contributed by atoms with Crippen LogP contribution in [0, 0.1) is 12.8 Å². The van der Waals surface area contributed by atoms with Crippen LogP contribution in [0.2, 0.25) is 0 Å².